The molecule has 0 radical (unpaired) electrons. The monoisotopic (exact) mass is 296 g/mol. The van der Waals surface area contributed by atoms with Gasteiger partial charge in [0.2, 0.25) is 11.8 Å². The lowest BCUT2D eigenvalue weighted by atomic mass is 9.73. The van der Waals surface area contributed by atoms with E-state index in [0.29, 0.717) is 19.5 Å². The van der Waals surface area contributed by atoms with E-state index in [1.807, 2.05) is 13.8 Å². The smallest absolute Gasteiger partial charge is 0.329 e. The molecule has 1 heterocycles. The van der Waals surface area contributed by atoms with Crippen molar-refractivity contribution in [1.82, 2.24) is 10.2 Å². The Morgan fingerprint density at radius 2 is 2.14 bits per heavy atom. The summed E-state index contributed by atoms with van der Waals surface area (Å²) >= 11 is 0. The molecule has 0 bridgehead atoms. The highest BCUT2D eigenvalue weighted by Crippen LogP contribution is 2.34. The van der Waals surface area contributed by atoms with E-state index < -0.39 is 17.4 Å². The Bertz CT molecular complexity index is 451. The van der Waals surface area contributed by atoms with Crippen molar-refractivity contribution < 1.29 is 19.5 Å². The van der Waals surface area contributed by atoms with Crippen molar-refractivity contribution in [2.45, 2.75) is 51.5 Å². The molecule has 1 aliphatic carbocycles. The molecule has 0 aromatic rings. The fourth-order valence-electron chi connectivity index (χ4n) is 3.48. The van der Waals surface area contributed by atoms with Crippen LogP contribution in [-0.4, -0.2) is 46.4 Å². The van der Waals surface area contributed by atoms with E-state index in [0.717, 1.165) is 19.3 Å². The first-order valence-electron chi connectivity index (χ1n) is 7.74. The molecule has 2 amide bonds. The lowest BCUT2D eigenvalue weighted by Crippen LogP contribution is -2.61. The topological polar surface area (TPSA) is 86.7 Å². The molecule has 0 spiro atoms. The molecule has 118 valence electrons. The van der Waals surface area contributed by atoms with Crippen LogP contribution in [0.4, 0.5) is 0 Å². The van der Waals surface area contributed by atoms with Gasteiger partial charge in [-0.25, -0.2) is 4.79 Å². The van der Waals surface area contributed by atoms with Crippen LogP contribution in [-0.2, 0) is 14.4 Å². The van der Waals surface area contributed by atoms with Crippen LogP contribution in [0, 0.1) is 11.8 Å². The number of carboxylic acid groups (broad SMARTS) is 1. The molecule has 0 aromatic heterocycles. The first kappa shape index (κ1) is 15.8. The summed E-state index contributed by atoms with van der Waals surface area (Å²) in [6.45, 7) is 4.74. The van der Waals surface area contributed by atoms with Gasteiger partial charge in [-0.2, -0.15) is 0 Å². The van der Waals surface area contributed by atoms with Crippen LogP contribution in [0.2, 0.25) is 0 Å². The summed E-state index contributed by atoms with van der Waals surface area (Å²) in [7, 11) is 0. The Balaban J connectivity index is 2.09. The molecule has 0 aromatic carbocycles. The molecule has 1 saturated carbocycles. The zero-order chi connectivity index (χ0) is 15.6. The van der Waals surface area contributed by atoms with Gasteiger partial charge >= 0.3 is 5.97 Å². The SMILES string of the molecule is CCN1CC(C(=O)NC2(C(=O)O)CCCCC2C)CC1=O. The molecular weight excluding hydrogens is 272 g/mol. The van der Waals surface area contributed by atoms with Crippen molar-refractivity contribution in [1.29, 1.82) is 0 Å². The molecule has 6 nitrogen and oxygen atoms in total. The highest BCUT2D eigenvalue weighted by molar-refractivity contribution is 5.92. The number of carbonyl (C=O) groups excluding carboxylic acids is 2. The predicted molar refractivity (Wildman–Crippen MR) is 76.5 cm³/mol. The summed E-state index contributed by atoms with van der Waals surface area (Å²) < 4.78 is 0. The Labute approximate surface area is 124 Å². The highest BCUT2D eigenvalue weighted by atomic mass is 16.4. The lowest BCUT2D eigenvalue weighted by Gasteiger charge is -2.40. The summed E-state index contributed by atoms with van der Waals surface area (Å²) in [4.78, 5) is 37.5. The van der Waals surface area contributed by atoms with E-state index >= 15 is 0 Å². The summed E-state index contributed by atoms with van der Waals surface area (Å²) in [6, 6.07) is 0. The third-order valence-corrected chi connectivity index (χ3v) is 4.99. The highest BCUT2D eigenvalue weighted by Gasteiger charge is 2.48. The van der Waals surface area contributed by atoms with Crippen molar-refractivity contribution in [2.24, 2.45) is 11.8 Å². The maximum atomic E-state index is 12.4. The largest absolute Gasteiger partial charge is 0.479 e. The zero-order valence-electron chi connectivity index (χ0n) is 12.7. The standard InChI is InChI=1S/C15H24N2O4/c1-3-17-9-11(8-12(17)18)13(19)16-15(14(20)21)7-5-4-6-10(15)2/h10-11H,3-9H2,1-2H3,(H,16,19)(H,20,21). The quantitative estimate of drug-likeness (QED) is 0.810. The van der Waals surface area contributed by atoms with Gasteiger partial charge in [-0.1, -0.05) is 19.8 Å². The van der Waals surface area contributed by atoms with Crippen LogP contribution in [0.5, 0.6) is 0 Å². The Morgan fingerprint density at radius 3 is 2.67 bits per heavy atom. The van der Waals surface area contributed by atoms with Gasteiger partial charge < -0.3 is 15.3 Å². The fourth-order valence-corrected chi connectivity index (χ4v) is 3.48. The lowest BCUT2D eigenvalue weighted by molar-refractivity contribution is -0.152. The van der Waals surface area contributed by atoms with Crippen molar-refractivity contribution >= 4 is 17.8 Å². The van der Waals surface area contributed by atoms with Gasteiger partial charge in [-0.15, -0.1) is 0 Å². The second kappa shape index (κ2) is 6.03. The number of rotatable bonds is 4. The van der Waals surface area contributed by atoms with Crippen LogP contribution >= 0.6 is 0 Å². The minimum Gasteiger partial charge on any atom is -0.479 e. The first-order chi connectivity index (χ1) is 9.90. The summed E-state index contributed by atoms with van der Waals surface area (Å²) in [6.07, 6.45) is 3.26. The Morgan fingerprint density at radius 1 is 1.43 bits per heavy atom. The Kier molecular flexibility index (Phi) is 4.54. The molecule has 2 fully saturated rings. The number of hydrogen-bond acceptors (Lipinski definition) is 3. The van der Waals surface area contributed by atoms with Crippen LogP contribution in [0.25, 0.3) is 0 Å². The van der Waals surface area contributed by atoms with Crippen LogP contribution in [0.15, 0.2) is 0 Å². The number of amides is 2. The number of hydrogen-bond donors (Lipinski definition) is 2. The average molecular weight is 296 g/mol. The number of nitrogens with zero attached hydrogens (tertiary/aromatic N) is 1. The third-order valence-electron chi connectivity index (χ3n) is 4.99. The van der Waals surface area contributed by atoms with Gasteiger partial charge in [-0.05, 0) is 25.7 Å². The van der Waals surface area contributed by atoms with Crippen LogP contribution in [0.3, 0.4) is 0 Å². The van der Waals surface area contributed by atoms with Gasteiger partial charge in [-0.3, -0.25) is 9.59 Å². The van der Waals surface area contributed by atoms with E-state index in [-0.39, 0.29) is 24.2 Å². The molecule has 1 aliphatic heterocycles. The van der Waals surface area contributed by atoms with Gasteiger partial charge in [0.05, 0.1) is 5.92 Å². The van der Waals surface area contributed by atoms with Crippen LogP contribution in [0.1, 0.15) is 46.0 Å². The number of likely N-dealkylation sites (tertiary alicyclic amines) is 1. The summed E-state index contributed by atoms with van der Waals surface area (Å²) in [5.74, 6) is -1.80. The van der Waals surface area contributed by atoms with Crippen molar-refractivity contribution in [3.8, 4) is 0 Å². The van der Waals surface area contributed by atoms with Gasteiger partial charge in [0.25, 0.3) is 0 Å². The predicted octanol–water partition coefficient (Wildman–Crippen LogP) is 1.00. The molecule has 2 rings (SSSR count). The second-order valence-corrected chi connectivity index (χ2v) is 6.25. The van der Waals surface area contributed by atoms with E-state index in [1.165, 1.54) is 0 Å². The molecule has 2 aliphatic rings. The molecule has 2 N–H and O–H groups in total. The van der Waals surface area contributed by atoms with E-state index in [9.17, 15) is 19.5 Å². The number of carboxylic acids is 1. The molecule has 6 heteroatoms. The maximum Gasteiger partial charge on any atom is 0.329 e. The molecule has 1 saturated heterocycles. The second-order valence-electron chi connectivity index (χ2n) is 6.25. The third kappa shape index (κ3) is 2.89. The van der Waals surface area contributed by atoms with Crippen LogP contribution < -0.4 is 5.32 Å². The van der Waals surface area contributed by atoms with Gasteiger partial charge in [0.1, 0.15) is 5.54 Å². The average Bonchev–Trinajstić information content (AvgIpc) is 2.82. The Hall–Kier alpha value is -1.59. The number of carbonyl (C=O) groups is 3. The fraction of sp³-hybridized carbons (Fsp3) is 0.800. The number of nitrogens with one attached hydrogen (secondary N) is 1. The minimum absolute atomic E-state index is 0.0290. The maximum absolute atomic E-state index is 12.4. The summed E-state index contributed by atoms with van der Waals surface area (Å²) in [5, 5.41) is 12.4. The van der Waals surface area contributed by atoms with Crippen molar-refractivity contribution in [3.63, 3.8) is 0 Å². The van der Waals surface area contributed by atoms with E-state index in [4.69, 9.17) is 0 Å². The van der Waals surface area contributed by atoms with E-state index in [1.54, 1.807) is 4.90 Å². The first-order valence-corrected chi connectivity index (χ1v) is 7.74. The minimum atomic E-state index is -1.17. The van der Waals surface area contributed by atoms with Gasteiger partial charge in [0, 0.05) is 19.5 Å². The molecule has 21 heavy (non-hydrogen) atoms. The summed E-state index contributed by atoms with van der Waals surface area (Å²) in [5.41, 5.74) is -1.17. The molecular formula is C15H24N2O4. The van der Waals surface area contributed by atoms with Gasteiger partial charge in [0.15, 0.2) is 0 Å². The van der Waals surface area contributed by atoms with Crippen molar-refractivity contribution in [2.75, 3.05) is 13.1 Å². The normalized spacial score (nSPS) is 33.0. The zero-order valence-corrected chi connectivity index (χ0v) is 12.7. The molecule has 3 atom stereocenters. The molecule has 3 unspecified atom stereocenters. The van der Waals surface area contributed by atoms with Crippen molar-refractivity contribution in [3.05, 3.63) is 0 Å². The van der Waals surface area contributed by atoms with E-state index in [2.05, 4.69) is 5.32 Å². The number of aliphatic carboxylic acids is 1.